The standard InChI is InChI=1S/C18H15F2NO2/c1-9-5-10(2)17-13(8-16(22)23)18(21-15(17)6-9)12-4-3-11(19)7-14(12)20/h3-7,21H,8H2,1-2H3,(H,22,23). The summed E-state index contributed by atoms with van der Waals surface area (Å²) in [5.74, 6) is -2.40. The first-order valence-electron chi connectivity index (χ1n) is 7.16. The molecule has 1 heterocycles. The molecule has 0 fully saturated rings. The van der Waals surface area contributed by atoms with Crippen molar-refractivity contribution in [3.05, 3.63) is 58.7 Å². The Labute approximate surface area is 131 Å². The summed E-state index contributed by atoms with van der Waals surface area (Å²) >= 11 is 0. The van der Waals surface area contributed by atoms with Gasteiger partial charge >= 0.3 is 5.97 Å². The Balaban J connectivity index is 2.35. The number of fused-ring (bicyclic) bond motifs is 1. The maximum atomic E-state index is 14.2. The average molecular weight is 315 g/mol. The molecule has 0 bridgehead atoms. The van der Waals surface area contributed by atoms with E-state index in [0.717, 1.165) is 34.2 Å². The van der Waals surface area contributed by atoms with Crippen LogP contribution in [0, 0.1) is 25.5 Å². The van der Waals surface area contributed by atoms with E-state index in [9.17, 15) is 18.7 Å². The van der Waals surface area contributed by atoms with E-state index < -0.39 is 17.6 Å². The monoisotopic (exact) mass is 315 g/mol. The van der Waals surface area contributed by atoms with Crippen LogP contribution in [0.15, 0.2) is 30.3 Å². The van der Waals surface area contributed by atoms with E-state index in [-0.39, 0.29) is 12.0 Å². The van der Waals surface area contributed by atoms with E-state index in [0.29, 0.717) is 11.3 Å². The fraction of sp³-hybridized carbons (Fsp3) is 0.167. The number of aromatic nitrogens is 1. The molecule has 0 aliphatic carbocycles. The maximum absolute atomic E-state index is 14.2. The Morgan fingerprint density at radius 3 is 2.57 bits per heavy atom. The topological polar surface area (TPSA) is 53.1 Å². The number of aromatic amines is 1. The molecule has 0 radical (unpaired) electrons. The van der Waals surface area contributed by atoms with Gasteiger partial charge in [-0.25, -0.2) is 8.78 Å². The highest BCUT2D eigenvalue weighted by Gasteiger charge is 2.20. The number of carboxylic acids is 1. The van der Waals surface area contributed by atoms with Gasteiger partial charge < -0.3 is 10.1 Å². The molecule has 0 unspecified atom stereocenters. The van der Waals surface area contributed by atoms with Crippen LogP contribution >= 0.6 is 0 Å². The van der Waals surface area contributed by atoms with Crippen molar-refractivity contribution in [3.8, 4) is 11.3 Å². The first kappa shape index (κ1) is 15.2. The second-order valence-electron chi connectivity index (χ2n) is 5.68. The lowest BCUT2D eigenvalue weighted by atomic mass is 9.98. The highest BCUT2D eigenvalue weighted by atomic mass is 19.1. The Morgan fingerprint density at radius 1 is 1.17 bits per heavy atom. The van der Waals surface area contributed by atoms with Gasteiger partial charge in [0.2, 0.25) is 0 Å². The van der Waals surface area contributed by atoms with Gasteiger partial charge in [0.15, 0.2) is 0 Å². The minimum Gasteiger partial charge on any atom is -0.481 e. The Hall–Kier alpha value is -2.69. The van der Waals surface area contributed by atoms with Gasteiger partial charge in [-0.05, 0) is 48.7 Å². The molecule has 0 atom stereocenters. The van der Waals surface area contributed by atoms with Crippen LogP contribution in [0.3, 0.4) is 0 Å². The molecule has 0 spiro atoms. The van der Waals surface area contributed by atoms with E-state index in [4.69, 9.17) is 0 Å². The number of aryl methyl sites for hydroxylation is 2. The van der Waals surface area contributed by atoms with Crippen LogP contribution in [0.1, 0.15) is 16.7 Å². The Bertz CT molecular complexity index is 928. The van der Waals surface area contributed by atoms with Crippen LogP contribution in [0.4, 0.5) is 8.78 Å². The van der Waals surface area contributed by atoms with Crippen molar-refractivity contribution in [3.63, 3.8) is 0 Å². The van der Waals surface area contributed by atoms with Crippen molar-refractivity contribution in [2.24, 2.45) is 0 Å². The number of carbonyl (C=O) groups is 1. The summed E-state index contributed by atoms with van der Waals surface area (Å²) in [5.41, 5.74) is 3.74. The van der Waals surface area contributed by atoms with Crippen molar-refractivity contribution in [1.29, 1.82) is 0 Å². The number of aliphatic carboxylic acids is 1. The predicted octanol–water partition coefficient (Wildman–Crippen LogP) is 4.36. The molecule has 3 rings (SSSR count). The van der Waals surface area contributed by atoms with Crippen LogP contribution in [-0.4, -0.2) is 16.1 Å². The molecule has 0 amide bonds. The molecule has 118 valence electrons. The summed E-state index contributed by atoms with van der Waals surface area (Å²) in [7, 11) is 0. The summed E-state index contributed by atoms with van der Waals surface area (Å²) in [6.45, 7) is 3.82. The molecule has 0 saturated heterocycles. The van der Waals surface area contributed by atoms with Gasteiger partial charge in [0.1, 0.15) is 11.6 Å². The lowest BCUT2D eigenvalue weighted by Gasteiger charge is -2.06. The summed E-state index contributed by atoms with van der Waals surface area (Å²) in [6, 6.07) is 7.12. The van der Waals surface area contributed by atoms with Gasteiger partial charge in [-0.2, -0.15) is 0 Å². The number of benzene rings is 2. The number of nitrogens with one attached hydrogen (secondary N) is 1. The maximum Gasteiger partial charge on any atom is 0.307 e. The molecule has 3 nitrogen and oxygen atoms in total. The first-order valence-corrected chi connectivity index (χ1v) is 7.16. The molecule has 2 N–H and O–H groups in total. The zero-order valence-electron chi connectivity index (χ0n) is 12.7. The van der Waals surface area contributed by atoms with Crippen molar-refractivity contribution < 1.29 is 18.7 Å². The summed E-state index contributed by atoms with van der Waals surface area (Å²) in [4.78, 5) is 14.3. The van der Waals surface area contributed by atoms with Gasteiger partial charge in [0.25, 0.3) is 0 Å². The van der Waals surface area contributed by atoms with E-state index >= 15 is 0 Å². The van der Waals surface area contributed by atoms with Crippen LogP contribution in [0.2, 0.25) is 0 Å². The largest absolute Gasteiger partial charge is 0.481 e. The predicted molar refractivity (Wildman–Crippen MR) is 84.5 cm³/mol. The Morgan fingerprint density at radius 2 is 1.91 bits per heavy atom. The van der Waals surface area contributed by atoms with Gasteiger partial charge in [0.05, 0.1) is 12.1 Å². The number of carboxylic acid groups (broad SMARTS) is 1. The van der Waals surface area contributed by atoms with E-state index in [1.165, 1.54) is 6.07 Å². The minimum absolute atomic E-state index is 0.163. The average Bonchev–Trinajstić information content (AvgIpc) is 2.76. The highest BCUT2D eigenvalue weighted by Crippen LogP contribution is 2.34. The van der Waals surface area contributed by atoms with Gasteiger partial charge in [0, 0.05) is 22.5 Å². The molecule has 1 aromatic heterocycles. The molecular formula is C18H15F2NO2. The van der Waals surface area contributed by atoms with Crippen LogP contribution < -0.4 is 0 Å². The fourth-order valence-corrected chi connectivity index (χ4v) is 3.05. The van der Waals surface area contributed by atoms with Gasteiger partial charge in [-0.3, -0.25) is 4.79 Å². The molecule has 0 aliphatic rings. The zero-order chi connectivity index (χ0) is 16.7. The third-order valence-corrected chi connectivity index (χ3v) is 3.87. The van der Waals surface area contributed by atoms with Crippen molar-refractivity contribution in [1.82, 2.24) is 4.98 Å². The lowest BCUT2D eigenvalue weighted by molar-refractivity contribution is -0.136. The SMILES string of the molecule is Cc1cc(C)c2c(CC(=O)O)c(-c3ccc(F)cc3F)[nH]c2c1. The van der Waals surface area contributed by atoms with E-state index in [1.54, 1.807) is 0 Å². The normalized spacial score (nSPS) is 11.1. The lowest BCUT2D eigenvalue weighted by Crippen LogP contribution is -2.02. The second kappa shape index (κ2) is 5.50. The quantitative estimate of drug-likeness (QED) is 0.754. The van der Waals surface area contributed by atoms with Crippen molar-refractivity contribution in [2.75, 3.05) is 0 Å². The zero-order valence-corrected chi connectivity index (χ0v) is 12.7. The smallest absolute Gasteiger partial charge is 0.307 e. The number of rotatable bonds is 3. The van der Waals surface area contributed by atoms with Gasteiger partial charge in [-0.1, -0.05) is 6.07 Å². The minimum atomic E-state index is -1.00. The first-order chi connectivity index (χ1) is 10.9. The van der Waals surface area contributed by atoms with Crippen molar-refractivity contribution in [2.45, 2.75) is 20.3 Å². The molecule has 0 saturated carbocycles. The molecular weight excluding hydrogens is 300 g/mol. The van der Waals surface area contributed by atoms with Crippen molar-refractivity contribution >= 4 is 16.9 Å². The van der Waals surface area contributed by atoms with Crippen LogP contribution in [-0.2, 0) is 11.2 Å². The van der Waals surface area contributed by atoms with Crippen LogP contribution in [0.5, 0.6) is 0 Å². The third kappa shape index (κ3) is 2.70. The van der Waals surface area contributed by atoms with Crippen LogP contribution in [0.25, 0.3) is 22.2 Å². The van der Waals surface area contributed by atoms with E-state index in [1.807, 2.05) is 26.0 Å². The molecule has 23 heavy (non-hydrogen) atoms. The number of halogens is 2. The number of H-pyrrole nitrogens is 1. The van der Waals surface area contributed by atoms with Gasteiger partial charge in [-0.15, -0.1) is 0 Å². The number of hydrogen-bond donors (Lipinski definition) is 2. The summed E-state index contributed by atoms with van der Waals surface area (Å²) in [5, 5.41) is 9.98. The number of hydrogen-bond acceptors (Lipinski definition) is 1. The molecule has 5 heteroatoms. The van der Waals surface area contributed by atoms with E-state index in [2.05, 4.69) is 4.98 Å². The molecule has 3 aromatic rings. The fourth-order valence-electron chi connectivity index (χ4n) is 3.05. The second-order valence-corrected chi connectivity index (χ2v) is 5.68. The molecule has 2 aromatic carbocycles. The summed E-state index contributed by atoms with van der Waals surface area (Å²) < 4.78 is 27.3. The molecule has 0 aliphatic heterocycles. The Kier molecular flexibility index (Phi) is 3.64. The highest BCUT2D eigenvalue weighted by molar-refractivity contribution is 5.96. The third-order valence-electron chi connectivity index (χ3n) is 3.87. The summed E-state index contributed by atoms with van der Waals surface area (Å²) in [6.07, 6.45) is -0.240.